The Hall–Kier alpha value is -3.27. The summed E-state index contributed by atoms with van der Waals surface area (Å²) in [5.74, 6) is -0.797. The summed E-state index contributed by atoms with van der Waals surface area (Å²) in [6.45, 7) is 15.1. The van der Waals surface area contributed by atoms with E-state index in [1.807, 2.05) is 12.2 Å². The Bertz CT molecular complexity index is 1440. The number of rotatable bonds is 12. The number of hydrogen-bond donors (Lipinski definition) is 0. The van der Waals surface area contributed by atoms with Crippen LogP contribution in [0.4, 0.5) is 11.4 Å². The molecule has 2 aromatic carbocycles. The number of allylic oxidation sites excluding steroid dienone is 4. The largest absolute Gasteiger partial charge is 0.344 e. The monoisotopic (exact) mass is 565 g/mol. The van der Waals surface area contributed by atoms with E-state index in [1.165, 1.54) is 61.0 Å². The molecular formula is C38H49N2O2+. The van der Waals surface area contributed by atoms with Crippen molar-refractivity contribution in [1.82, 2.24) is 0 Å². The third-order valence-corrected chi connectivity index (χ3v) is 9.77. The van der Waals surface area contributed by atoms with Crippen LogP contribution in [0.3, 0.4) is 0 Å². The minimum atomic E-state index is -0.705. The minimum absolute atomic E-state index is 0.0459. The third kappa shape index (κ3) is 5.23. The van der Waals surface area contributed by atoms with E-state index in [9.17, 15) is 9.59 Å². The summed E-state index contributed by atoms with van der Waals surface area (Å²) in [6, 6.07) is 17.1. The number of Topliss-reactive ketones (excluding diaryl/α,β-unsaturated/α-hetero) is 2. The number of hydrogen-bond acceptors (Lipinski definition) is 3. The Labute approximate surface area is 253 Å². The molecule has 1 aliphatic carbocycles. The van der Waals surface area contributed by atoms with E-state index in [0.29, 0.717) is 5.57 Å². The number of unbranched alkanes of at least 4 members (excludes halogenated alkanes) is 6. The van der Waals surface area contributed by atoms with Crippen LogP contribution in [0.15, 0.2) is 72.0 Å². The number of carbonyl (C=O) groups is 2. The fraction of sp³-hybridized carbons (Fsp3) is 0.500. The van der Waals surface area contributed by atoms with Gasteiger partial charge in [-0.1, -0.05) is 96.2 Å². The molecular weight excluding hydrogens is 516 g/mol. The molecule has 2 heterocycles. The van der Waals surface area contributed by atoms with Gasteiger partial charge in [0.25, 0.3) is 0 Å². The first-order chi connectivity index (χ1) is 20.1. The lowest BCUT2D eigenvalue weighted by Gasteiger charge is -2.31. The molecule has 0 unspecified atom stereocenters. The molecule has 0 bridgehead atoms. The van der Waals surface area contributed by atoms with E-state index in [1.54, 1.807) is 0 Å². The first-order valence-electron chi connectivity index (χ1n) is 16.3. The smallest absolute Gasteiger partial charge is 0.209 e. The van der Waals surface area contributed by atoms with Crippen molar-refractivity contribution in [2.45, 2.75) is 104 Å². The average molecular weight is 566 g/mol. The highest BCUT2D eigenvalue weighted by Gasteiger charge is 2.50. The molecule has 2 aromatic rings. The standard InChI is InChI=1S/C38H49N2O2/c1-7-9-11-17-23-39-31-21-15-13-19-29(31)37(3,4)33(39)25-27-35(41)28(36(27)42)26-34-38(5,6)30-20-14-16-22-32(30)40(34)24-18-12-10-8-2/h13-16,19-22,25-27H,7-12,17-18,23-24H2,1-6H3/q+1/b28-26?,33-25+. The van der Waals surface area contributed by atoms with Gasteiger partial charge in [-0.05, 0) is 44.4 Å². The summed E-state index contributed by atoms with van der Waals surface area (Å²) in [4.78, 5) is 29.9. The lowest BCUT2D eigenvalue weighted by Crippen LogP contribution is -2.43. The van der Waals surface area contributed by atoms with Crippen molar-refractivity contribution in [3.05, 3.63) is 83.1 Å². The lowest BCUT2D eigenvalue weighted by molar-refractivity contribution is -0.438. The molecule has 0 radical (unpaired) electrons. The Kier molecular flexibility index (Phi) is 8.73. The van der Waals surface area contributed by atoms with E-state index >= 15 is 0 Å². The predicted molar refractivity (Wildman–Crippen MR) is 174 cm³/mol. The van der Waals surface area contributed by atoms with Crippen LogP contribution in [-0.2, 0) is 20.4 Å². The van der Waals surface area contributed by atoms with Gasteiger partial charge in [0.05, 0.1) is 11.0 Å². The van der Waals surface area contributed by atoms with Crippen LogP contribution in [0, 0.1) is 5.92 Å². The maximum atomic E-state index is 13.7. The minimum Gasteiger partial charge on any atom is -0.344 e. The summed E-state index contributed by atoms with van der Waals surface area (Å²) in [7, 11) is 0. The molecule has 1 fully saturated rings. The molecule has 0 N–H and O–H groups in total. The summed E-state index contributed by atoms with van der Waals surface area (Å²) in [6.07, 6.45) is 13.3. The third-order valence-electron chi connectivity index (χ3n) is 9.77. The maximum Gasteiger partial charge on any atom is 0.209 e. The molecule has 0 saturated heterocycles. The molecule has 1 saturated carbocycles. The van der Waals surface area contributed by atoms with Gasteiger partial charge in [0.15, 0.2) is 17.3 Å². The molecule has 42 heavy (non-hydrogen) atoms. The fourth-order valence-corrected chi connectivity index (χ4v) is 7.20. The summed E-state index contributed by atoms with van der Waals surface area (Å²) in [5.41, 5.74) is 6.90. The summed E-state index contributed by atoms with van der Waals surface area (Å²) < 4.78 is 2.36. The van der Waals surface area contributed by atoms with E-state index in [0.717, 1.165) is 37.3 Å². The van der Waals surface area contributed by atoms with Gasteiger partial charge in [-0.3, -0.25) is 9.59 Å². The van der Waals surface area contributed by atoms with Crippen molar-refractivity contribution >= 4 is 28.7 Å². The first-order valence-corrected chi connectivity index (χ1v) is 16.3. The van der Waals surface area contributed by atoms with E-state index in [-0.39, 0.29) is 22.4 Å². The Morgan fingerprint density at radius 3 is 2.07 bits per heavy atom. The fourth-order valence-electron chi connectivity index (χ4n) is 7.20. The Morgan fingerprint density at radius 2 is 1.38 bits per heavy atom. The van der Waals surface area contributed by atoms with Crippen LogP contribution in [0.2, 0.25) is 0 Å². The van der Waals surface area contributed by atoms with Crippen LogP contribution >= 0.6 is 0 Å². The van der Waals surface area contributed by atoms with Gasteiger partial charge in [-0.25, -0.2) is 0 Å². The first kappa shape index (κ1) is 30.2. The summed E-state index contributed by atoms with van der Waals surface area (Å²) in [5, 5.41) is 0. The summed E-state index contributed by atoms with van der Waals surface area (Å²) >= 11 is 0. The van der Waals surface area contributed by atoms with Crippen LogP contribution in [0.1, 0.15) is 104 Å². The second kappa shape index (κ2) is 12.1. The molecule has 0 aromatic heterocycles. The highest BCUT2D eigenvalue weighted by Crippen LogP contribution is 2.49. The van der Waals surface area contributed by atoms with Gasteiger partial charge in [0.2, 0.25) is 5.69 Å². The van der Waals surface area contributed by atoms with Gasteiger partial charge in [-0.2, -0.15) is 4.58 Å². The Balaban J connectivity index is 1.46. The maximum absolute atomic E-state index is 13.7. The van der Waals surface area contributed by atoms with Crippen molar-refractivity contribution in [2.75, 3.05) is 18.0 Å². The van der Waals surface area contributed by atoms with Crippen molar-refractivity contribution in [3.63, 3.8) is 0 Å². The molecule has 4 heteroatoms. The zero-order valence-corrected chi connectivity index (χ0v) is 26.6. The highest BCUT2D eigenvalue weighted by molar-refractivity contribution is 6.41. The van der Waals surface area contributed by atoms with Crippen LogP contribution in [-0.4, -0.2) is 34.9 Å². The molecule has 0 spiro atoms. The normalized spacial score (nSPS) is 21.2. The Morgan fingerprint density at radius 1 is 0.762 bits per heavy atom. The number of nitrogens with zero attached hydrogens (tertiary/aromatic N) is 2. The van der Waals surface area contributed by atoms with Crippen LogP contribution in [0.5, 0.6) is 0 Å². The number of fused-ring (bicyclic) bond motifs is 2. The van der Waals surface area contributed by atoms with Crippen molar-refractivity contribution in [3.8, 4) is 0 Å². The SMILES string of the molecule is CCCCCCN1/C(=C/C2C(=O)C(=CC3=[N+](CCCCCC)c4ccccc4C3(C)C)C2=O)C(C)(C)c2ccccc21. The van der Waals surface area contributed by atoms with Gasteiger partial charge < -0.3 is 4.90 Å². The van der Waals surface area contributed by atoms with Crippen molar-refractivity contribution in [2.24, 2.45) is 5.92 Å². The van der Waals surface area contributed by atoms with Gasteiger partial charge >= 0.3 is 0 Å². The average Bonchev–Trinajstić information content (AvgIpc) is 3.33. The molecule has 0 amide bonds. The van der Waals surface area contributed by atoms with E-state index in [2.05, 4.69) is 99.5 Å². The second-order valence-corrected chi connectivity index (χ2v) is 13.4. The van der Waals surface area contributed by atoms with Gasteiger partial charge in [-0.15, -0.1) is 0 Å². The molecule has 222 valence electrons. The lowest BCUT2D eigenvalue weighted by atomic mass is 9.72. The van der Waals surface area contributed by atoms with E-state index in [4.69, 9.17) is 0 Å². The number of anilines is 1. The number of ketones is 2. The zero-order valence-electron chi connectivity index (χ0n) is 26.6. The highest BCUT2D eigenvalue weighted by atomic mass is 16.2. The molecule has 2 aliphatic heterocycles. The molecule has 5 rings (SSSR count). The van der Waals surface area contributed by atoms with Crippen molar-refractivity contribution in [1.29, 1.82) is 0 Å². The molecule has 0 atom stereocenters. The van der Waals surface area contributed by atoms with Crippen LogP contribution < -0.4 is 4.90 Å². The van der Waals surface area contributed by atoms with Gasteiger partial charge in [0, 0.05) is 47.5 Å². The van der Waals surface area contributed by atoms with Crippen molar-refractivity contribution < 1.29 is 14.2 Å². The zero-order chi connectivity index (χ0) is 30.1. The topological polar surface area (TPSA) is 40.4 Å². The van der Waals surface area contributed by atoms with Gasteiger partial charge in [0.1, 0.15) is 12.5 Å². The van der Waals surface area contributed by atoms with Crippen LogP contribution in [0.25, 0.3) is 0 Å². The van der Waals surface area contributed by atoms with E-state index < -0.39 is 5.92 Å². The molecule has 4 nitrogen and oxygen atoms in total. The number of benzene rings is 2. The molecule has 3 aliphatic rings. The number of carbonyl (C=O) groups excluding carboxylic acids is 2. The number of para-hydroxylation sites is 2. The second-order valence-electron chi connectivity index (χ2n) is 13.4. The quantitative estimate of drug-likeness (QED) is 0.0851. The predicted octanol–water partition coefficient (Wildman–Crippen LogP) is 8.60.